The number of hydrogen-bond donors (Lipinski definition) is 3. The minimum Gasteiger partial charge on any atom is -0.398 e. The van der Waals surface area contributed by atoms with Gasteiger partial charge in [0.15, 0.2) is 0 Å². The van der Waals surface area contributed by atoms with Crippen LogP contribution in [0.5, 0.6) is 0 Å². The van der Waals surface area contributed by atoms with E-state index in [1.54, 1.807) is 24.3 Å². The predicted octanol–water partition coefficient (Wildman–Crippen LogP) is 0.0690. The number of nitrogens with one attached hydrogen (secondary N) is 1. The maximum absolute atomic E-state index is 11.6. The second kappa shape index (κ2) is 5.29. The molecular formula is C10H16N2O3S. The van der Waals surface area contributed by atoms with Crippen molar-refractivity contribution in [1.29, 1.82) is 0 Å². The summed E-state index contributed by atoms with van der Waals surface area (Å²) in [5.41, 5.74) is 6.65. The summed E-state index contributed by atoms with van der Waals surface area (Å²) in [6.07, 6.45) is -0.706. The molecule has 0 aliphatic heterocycles. The van der Waals surface area contributed by atoms with Gasteiger partial charge in [-0.1, -0.05) is 18.2 Å². The lowest BCUT2D eigenvalue weighted by Gasteiger charge is -2.09. The van der Waals surface area contributed by atoms with Crippen LogP contribution in [-0.2, 0) is 15.8 Å². The van der Waals surface area contributed by atoms with Crippen LogP contribution in [0.2, 0.25) is 0 Å². The molecule has 4 N–H and O–H groups in total. The zero-order valence-electron chi connectivity index (χ0n) is 9.05. The Bertz CT molecular complexity index is 443. The van der Waals surface area contributed by atoms with E-state index in [1.165, 1.54) is 6.92 Å². The van der Waals surface area contributed by atoms with E-state index in [0.717, 1.165) is 0 Å². The van der Waals surface area contributed by atoms with E-state index in [0.29, 0.717) is 11.3 Å². The molecule has 1 rings (SSSR count). The maximum Gasteiger partial charge on any atom is 0.215 e. The summed E-state index contributed by atoms with van der Waals surface area (Å²) in [6, 6.07) is 6.79. The molecule has 1 unspecified atom stereocenters. The summed E-state index contributed by atoms with van der Waals surface area (Å²) < 4.78 is 25.5. The fourth-order valence-corrected chi connectivity index (χ4v) is 2.44. The monoisotopic (exact) mass is 244 g/mol. The first-order valence-electron chi connectivity index (χ1n) is 4.89. The number of nitrogens with two attached hydrogens (primary N) is 1. The summed E-state index contributed by atoms with van der Waals surface area (Å²) >= 11 is 0. The van der Waals surface area contributed by atoms with E-state index < -0.39 is 16.1 Å². The number of aliphatic hydroxyl groups is 1. The van der Waals surface area contributed by atoms with Crippen LogP contribution in [-0.4, -0.2) is 26.2 Å². The highest BCUT2D eigenvalue weighted by atomic mass is 32.2. The molecular weight excluding hydrogens is 228 g/mol. The molecule has 0 aliphatic rings. The Labute approximate surface area is 95.3 Å². The van der Waals surface area contributed by atoms with Crippen LogP contribution in [0.25, 0.3) is 0 Å². The van der Waals surface area contributed by atoms with Gasteiger partial charge in [0.05, 0.1) is 11.9 Å². The van der Waals surface area contributed by atoms with Crippen LogP contribution in [0.3, 0.4) is 0 Å². The number of benzene rings is 1. The van der Waals surface area contributed by atoms with E-state index in [2.05, 4.69) is 4.72 Å². The van der Waals surface area contributed by atoms with Crippen LogP contribution in [0, 0.1) is 0 Å². The third kappa shape index (κ3) is 4.18. The van der Waals surface area contributed by atoms with Gasteiger partial charge in [-0.2, -0.15) is 0 Å². The van der Waals surface area contributed by atoms with Crippen molar-refractivity contribution in [3.8, 4) is 0 Å². The molecule has 90 valence electrons. The number of para-hydroxylation sites is 1. The third-order valence-corrected chi connectivity index (χ3v) is 3.30. The SMILES string of the molecule is CC(O)CNS(=O)(=O)Cc1ccccc1N. The van der Waals surface area contributed by atoms with Gasteiger partial charge in [-0.3, -0.25) is 0 Å². The Balaban J connectivity index is 2.70. The smallest absolute Gasteiger partial charge is 0.215 e. The zero-order valence-corrected chi connectivity index (χ0v) is 9.87. The van der Waals surface area contributed by atoms with Gasteiger partial charge in [-0.05, 0) is 18.6 Å². The number of sulfonamides is 1. The Kier molecular flexibility index (Phi) is 4.28. The van der Waals surface area contributed by atoms with Crippen LogP contribution < -0.4 is 10.5 Å². The fourth-order valence-electron chi connectivity index (χ4n) is 1.17. The fraction of sp³-hybridized carbons (Fsp3) is 0.400. The molecule has 0 aromatic heterocycles. The Hall–Kier alpha value is -1.11. The summed E-state index contributed by atoms with van der Waals surface area (Å²) in [4.78, 5) is 0. The highest BCUT2D eigenvalue weighted by molar-refractivity contribution is 7.88. The second-order valence-electron chi connectivity index (χ2n) is 3.66. The highest BCUT2D eigenvalue weighted by Crippen LogP contribution is 2.13. The quantitative estimate of drug-likeness (QED) is 0.639. The normalized spacial score (nSPS) is 13.6. The molecule has 5 nitrogen and oxygen atoms in total. The third-order valence-electron chi connectivity index (χ3n) is 2.00. The summed E-state index contributed by atoms with van der Waals surface area (Å²) in [5.74, 6) is -0.174. The van der Waals surface area contributed by atoms with Gasteiger partial charge in [-0.25, -0.2) is 13.1 Å². The molecule has 16 heavy (non-hydrogen) atoms. The Morgan fingerprint density at radius 1 is 1.44 bits per heavy atom. The van der Waals surface area contributed by atoms with Crippen molar-refractivity contribution < 1.29 is 13.5 Å². The van der Waals surface area contributed by atoms with E-state index in [1.807, 2.05) is 0 Å². The van der Waals surface area contributed by atoms with Crippen molar-refractivity contribution >= 4 is 15.7 Å². The van der Waals surface area contributed by atoms with Crippen LogP contribution >= 0.6 is 0 Å². The molecule has 1 aromatic rings. The summed E-state index contributed by atoms with van der Waals surface area (Å²) in [7, 11) is -3.44. The van der Waals surface area contributed by atoms with Crippen molar-refractivity contribution in [1.82, 2.24) is 4.72 Å². The van der Waals surface area contributed by atoms with E-state index in [4.69, 9.17) is 10.8 Å². The molecule has 0 spiro atoms. The van der Waals surface area contributed by atoms with E-state index in [9.17, 15) is 8.42 Å². The minimum atomic E-state index is -3.44. The average molecular weight is 244 g/mol. The van der Waals surface area contributed by atoms with E-state index >= 15 is 0 Å². The molecule has 0 saturated heterocycles. The van der Waals surface area contributed by atoms with Crippen molar-refractivity contribution in [3.05, 3.63) is 29.8 Å². The molecule has 1 atom stereocenters. The van der Waals surface area contributed by atoms with Gasteiger partial charge in [0, 0.05) is 12.2 Å². The van der Waals surface area contributed by atoms with Gasteiger partial charge in [0.1, 0.15) is 0 Å². The minimum absolute atomic E-state index is 0.00900. The summed E-state index contributed by atoms with van der Waals surface area (Å²) in [6.45, 7) is 1.52. The number of nitrogen functional groups attached to an aromatic ring is 1. The Morgan fingerprint density at radius 2 is 2.06 bits per heavy atom. The number of anilines is 1. The highest BCUT2D eigenvalue weighted by Gasteiger charge is 2.13. The van der Waals surface area contributed by atoms with Gasteiger partial charge in [0.2, 0.25) is 10.0 Å². The lowest BCUT2D eigenvalue weighted by atomic mass is 10.2. The van der Waals surface area contributed by atoms with Crippen molar-refractivity contribution in [3.63, 3.8) is 0 Å². The molecule has 0 heterocycles. The standard InChI is InChI=1S/C10H16N2O3S/c1-8(13)6-12-16(14,15)7-9-4-2-3-5-10(9)11/h2-5,8,12-13H,6-7,11H2,1H3. The first-order chi connectivity index (χ1) is 7.41. The first kappa shape index (κ1) is 13.0. The van der Waals surface area contributed by atoms with Gasteiger partial charge < -0.3 is 10.8 Å². The molecule has 6 heteroatoms. The molecule has 0 saturated carbocycles. The second-order valence-corrected chi connectivity index (χ2v) is 5.46. The predicted molar refractivity (Wildman–Crippen MR) is 63.2 cm³/mol. The van der Waals surface area contributed by atoms with Crippen molar-refractivity contribution in [2.45, 2.75) is 18.8 Å². The van der Waals surface area contributed by atoms with Crippen LogP contribution in [0.15, 0.2) is 24.3 Å². The Morgan fingerprint density at radius 3 is 2.62 bits per heavy atom. The molecule has 1 aromatic carbocycles. The van der Waals surface area contributed by atoms with Gasteiger partial charge in [0.25, 0.3) is 0 Å². The van der Waals surface area contributed by atoms with Crippen molar-refractivity contribution in [2.24, 2.45) is 0 Å². The maximum atomic E-state index is 11.6. The number of rotatable bonds is 5. The molecule has 0 aliphatic carbocycles. The largest absolute Gasteiger partial charge is 0.398 e. The van der Waals surface area contributed by atoms with Crippen LogP contribution in [0.1, 0.15) is 12.5 Å². The van der Waals surface area contributed by atoms with Gasteiger partial charge >= 0.3 is 0 Å². The number of hydrogen-bond acceptors (Lipinski definition) is 4. The molecule has 0 fully saturated rings. The van der Waals surface area contributed by atoms with Crippen LogP contribution in [0.4, 0.5) is 5.69 Å². The van der Waals surface area contributed by atoms with E-state index in [-0.39, 0.29) is 12.3 Å². The average Bonchev–Trinajstić information content (AvgIpc) is 2.19. The molecule has 0 radical (unpaired) electrons. The lowest BCUT2D eigenvalue weighted by Crippen LogP contribution is -2.31. The first-order valence-corrected chi connectivity index (χ1v) is 6.55. The van der Waals surface area contributed by atoms with Gasteiger partial charge in [-0.15, -0.1) is 0 Å². The molecule has 0 bridgehead atoms. The lowest BCUT2D eigenvalue weighted by molar-refractivity contribution is 0.198. The topological polar surface area (TPSA) is 92.4 Å². The molecule has 0 amide bonds. The van der Waals surface area contributed by atoms with Crippen molar-refractivity contribution in [2.75, 3.05) is 12.3 Å². The summed E-state index contributed by atoms with van der Waals surface area (Å²) in [5, 5.41) is 8.98. The number of aliphatic hydroxyl groups excluding tert-OH is 1. The zero-order chi connectivity index (χ0) is 12.2.